The molecule has 3 aliphatic rings. The standard InChI is InChI=1S/C43H37N3O5S/c44-25-38(43(49)50)42-45(26-41(47)48)28-51-27-34(52-42)14-7-9-29-19-22-40-37(24-29)35-15-8-16-39(35)46(40)33-20-17-30(18-21-33)23-36(31-10-3-1-4-11-31)32-12-5-2-6-13-32/h1-7,9-14,17-24,35,39H,8,15-16,26-28H2,(H,47,48)(H,49,50)/b9-7+,34-14-,42-38+. The van der Waals surface area contributed by atoms with E-state index in [1.165, 1.54) is 45.0 Å². The van der Waals surface area contributed by atoms with E-state index < -0.39 is 24.1 Å². The van der Waals surface area contributed by atoms with Crippen molar-refractivity contribution in [2.24, 2.45) is 0 Å². The molecule has 2 aliphatic heterocycles. The van der Waals surface area contributed by atoms with E-state index in [4.69, 9.17) is 4.74 Å². The van der Waals surface area contributed by atoms with Gasteiger partial charge in [0.05, 0.1) is 6.61 Å². The third-order valence-corrected chi connectivity index (χ3v) is 10.8. The number of hydrogen-bond donors (Lipinski definition) is 2. The van der Waals surface area contributed by atoms with Crippen molar-refractivity contribution in [3.8, 4) is 6.07 Å². The molecule has 0 amide bonds. The molecule has 4 aromatic rings. The number of nitrogens with zero attached hydrogens (tertiary/aromatic N) is 3. The second-order valence-corrected chi connectivity index (χ2v) is 14.1. The number of carboxylic acid groups (broad SMARTS) is 2. The van der Waals surface area contributed by atoms with E-state index in [-0.39, 0.29) is 18.4 Å². The largest absolute Gasteiger partial charge is 0.480 e. The Labute approximate surface area is 307 Å². The molecule has 0 bridgehead atoms. The minimum Gasteiger partial charge on any atom is -0.480 e. The Bertz CT molecular complexity index is 2090. The summed E-state index contributed by atoms with van der Waals surface area (Å²) in [5.74, 6) is -2.12. The lowest BCUT2D eigenvalue weighted by molar-refractivity contribution is -0.139. The lowest BCUT2D eigenvalue weighted by Gasteiger charge is -2.27. The van der Waals surface area contributed by atoms with Gasteiger partial charge in [-0.15, -0.1) is 0 Å². The summed E-state index contributed by atoms with van der Waals surface area (Å²) in [6.07, 6.45) is 11.4. The Balaban J connectivity index is 1.13. The Kier molecular flexibility index (Phi) is 10.4. The van der Waals surface area contributed by atoms with Crippen molar-refractivity contribution >= 4 is 52.8 Å². The quantitative estimate of drug-likeness (QED) is 0.100. The van der Waals surface area contributed by atoms with Crippen LogP contribution in [0.1, 0.15) is 53.0 Å². The minimum absolute atomic E-state index is 0.0522. The van der Waals surface area contributed by atoms with Crippen molar-refractivity contribution in [1.82, 2.24) is 4.90 Å². The second-order valence-electron chi connectivity index (χ2n) is 12.9. The van der Waals surface area contributed by atoms with Crippen LogP contribution in [-0.2, 0) is 14.3 Å². The highest BCUT2D eigenvalue weighted by Gasteiger charge is 2.42. The third-order valence-electron chi connectivity index (χ3n) is 9.62. The van der Waals surface area contributed by atoms with Crippen molar-refractivity contribution in [3.63, 3.8) is 0 Å². The lowest BCUT2D eigenvalue weighted by Crippen LogP contribution is -2.30. The molecule has 52 heavy (non-hydrogen) atoms. The molecule has 8 nitrogen and oxygen atoms in total. The van der Waals surface area contributed by atoms with Gasteiger partial charge >= 0.3 is 11.9 Å². The first-order valence-corrected chi connectivity index (χ1v) is 18.0. The number of hydrogen-bond acceptors (Lipinski definition) is 7. The summed E-state index contributed by atoms with van der Waals surface area (Å²) in [4.78, 5) is 27.6. The molecule has 2 atom stereocenters. The second kappa shape index (κ2) is 15.6. The Morgan fingerprint density at radius 1 is 0.904 bits per heavy atom. The van der Waals surface area contributed by atoms with Gasteiger partial charge in [-0.3, -0.25) is 4.79 Å². The van der Waals surface area contributed by atoms with Crippen molar-refractivity contribution in [2.75, 3.05) is 24.8 Å². The van der Waals surface area contributed by atoms with E-state index in [9.17, 15) is 25.1 Å². The average molecular weight is 708 g/mol. The zero-order valence-electron chi connectivity index (χ0n) is 28.4. The summed E-state index contributed by atoms with van der Waals surface area (Å²) in [6.45, 7) is -0.465. The molecule has 1 saturated carbocycles. The summed E-state index contributed by atoms with van der Waals surface area (Å²) >= 11 is 1.04. The molecule has 7 rings (SSSR count). The number of benzene rings is 4. The van der Waals surface area contributed by atoms with Gasteiger partial charge in [0.1, 0.15) is 24.4 Å². The maximum absolute atomic E-state index is 11.8. The molecule has 260 valence electrons. The average Bonchev–Trinajstić information content (AvgIpc) is 3.69. The zero-order chi connectivity index (χ0) is 36.0. The van der Waals surface area contributed by atoms with E-state index in [0.717, 1.165) is 35.7 Å². The maximum Gasteiger partial charge on any atom is 0.349 e. The van der Waals surface area contributed by atoms with Gasteiger partial charge in [0.15, 0.2) is 5.57 Å². The molecule has 1 saturated heterocycles. The summed E-state index contributed by atoms with van der Waals surface area (Å²) < 4.78 is 5.65. The van der Waals surface area contributed by atoms with Gasteiger partial charge in [-0.05, 0) is 82.6 Å². The van der Waals surface area contributed by atoms with Crippen LogP contribution in [0.5, 0.6) is 0 Å². The van der Waals surface area contributed by atoms with Crippen molar-refractivity contribution in [2.45, 2.75) is 31.2 Å². The summed E-state index contributed by atoms with van der Waals surface area (Å²) in [5.41, 5.74) is 8.98. The molecule has 0 spiro atoms. The zero-order valence-corrected chi connectivity index (χ0v) is 29.2. The van der Waals surface area contributed by atoms with Gasteiger partial charge < -0.3 is 24.7 Å². The highest BCUT2D eigenvalue weighted by Crippen LogP contribution is 2.52. The first-order chi connectivity index (χ1) is 25.4. The first kappa shape index (κ1) is 34.6. The molecule has 4 aromatic carbocycles. The van der Waals surface area contributed by atoms with Crippen LogP contribution in [-0.4, -0.2) is 53.0 Å². The minimum atomic E-state index is -1.41. The molecule has 9 heteroatoms. The SMILES string of the molecule is N#C/C(C(=O)O)=C1\S/C(=C\C=C\c2ccc3c(c2)C2CCCC2N3c2ccc(C=C(c3ccccc3)c3ccccc3)cc2)COCN1CC(=O)O. The van der Waals surface area contributed by atoms with Crippen LogP contribution in [0, 0.1) is 11.3 Å². The normalized spacial score (nSPS) is 19.9. The number of ether oxygens (including phenoxy) is 1. The highest BCUT2D eigenvalue weighted by atomic mass is 32.2. The van der Waals surface area contributed by atoms with Crippen LogP contribution in [0.2, 0.25) is 0 Å². The number of anilines is 2. The fourth-order valence-corrected chi connectivity index (χ4v) is 8.36. The van der Waals surface area contributed by atoms with E-state index in [0.29, 0.717) is 16.9 Å². The number of allylic oxidation sites excluding steroid dienone is 2. The fourth-order valence-electron chi connectivity index (χ4n) is 7.34. The monoisotopic (exact) mass is 707 g/mol. The number of carbonyl (C=O) groups is 2. The number of nitriles is 1. The van der Waals surface area contributed by atoms with Crippen LogP contribution < -0.4 is 4.90 Å². The van der Waals surface area contributed by atoms with Crippen molar-refractivity contribution in [1.29, 1.82) is 5.26 Å². The van der Waals surface area contributed by atoms with E-state index in [1.807, 2.05) is 30.4 Å². The topological polar surface area (TPSA) is 114 Å². The summed E-state index contributed by atoms with van der Waals surface area (Å²) in [6, 6.07) is 38.6. The number of aliphatic carboxylic acids is 2. The number of rotatable bonds is 9. The Morgan fingerprint density at radius 2 is 1.60 bits per heavy atom. The number of carboxylic acids is 2. The van der Waals surface area contributed by atoms with Crippen LogP contribution >= 0.6 is 11.8 Å². The molecule has 2 unspecified atom stereocenters. The molecule has 2 N–H and O–H groups in total. The smallest absolute Gasteiger partial charge is 0.349 e. The van der Waals surface area contributed by atoms with Crippen molar-refractivity contribution in [3.05, 3.63) is 159 Å². The van der Waals surface area contributed by atoms with Crippen LogP contribution in [0.15, 0.2) is 131 Å². The predicted octanol–water partition coefficient (Wildman–Crippen LogP) is 8.89. The lowest BCUT2D eigenvalue weighted by atomic mass is 9.95. The highest BCUT2D eigenvalue weighted by molar-refractivity contribution is 8.06. The molecule has 0 aromatic heterocycles. The summed E-state index contributed by atoms with van der Waals surface area (Å²) in [7, 11) is 0. The van der Waals surface area contributed by atoms with Gasteiger partial charge in [-0.1, -0.05) is 109 Å². The number of thioether (sulfide) groups is 1. The third kappa shape index (κ3) is 7.45. The summed E-state index contributed by atoms with van der Waals surface area (Å²) in [5, 5.41) is 28.5. The van der Waals surface area contributed by atoms with Gasteiger partial charge in [0.2, 0.25) is 0 Å². The maximum atomic E-state index is 11.8. The molecule has 2 heterocycles. The molecule has 1 aliphatic carbocycles. The Hall–Kier alpha value is -5.82. The first-order valence-electron chi connectivity index (χ1n) is 17.2. The van der Waals surface area contributed by atoms with Crippen LogP contribution in [0.3, 0.4) is 0 Å². The van der Waals surface area contributed by atoms with Gasteiger partial charge in [0.25, 0.3) is 0 Å². The molecule has 0 radical (unpaired) electrons. The van der Waals surface area contributed by atoms with Gasteiger partial charge in [-0.25, -0.2) is 4.79 Å². The van der Waals surface area contributed by atoms with Crippen LogP contribution in [0.4, 0.5) is 11.4 Å². The molecular weight excluding hydrogens is 671 g/mol. The van der Waals surface area contributed by atoms with Crippen LogP contribution in [0.25, 0.3) is 17.7 Å². The predicted molar refractivity (Wildman–Crippen MR) is 205 cm³/mol. The number of fused-ring (bicyclic) bond motifs is 3. The Morgan fingerprint density at radius 3 is 2.25 bits per heavy atom. The molecule has 2 fully saturated rings. The molecular formula is C43H37N3O5S. The van der Waals surface area contributed by atoms with Crippen molar-refractivity contribution < 1.29 is 24.5 Å². The van der Waals surface area contributed by atoms with Gasteiger partial charge in [-0.2, -0.15) is 5.26 Å². The fraction of sp³-hybridized carbons (Fsp3) is 0.186. The van der Waals surface area contributed by atoms with E-state index >= 15 is 0 Å². The van der Waals surface area contributed by atoms with Gasteiger partial charge in [0, 0.05) is 28.2 Å². The van der Waals surface area contributed by atoms with E-state index in [2.05, 4.69) is 102 Å². The van der Waals surface area contributed by atoms with E-state index in [1.54, 1.807) is 6.07 Å².